The first-order valence-corrected chi connectivity index (χ1v) is 9.47. The zero-order valence-corrected chi connectivity index (χ0v) is 18.8. The maximum atomic E-state index is 12.1. The van der Waals surface area contributed by atoms with E-state index in [2.05, 4.69) is 57.8 Å². The SMILES string of the molecule is CN=C(NCC(=O)NCc1ccco1)N1CCC(c2ccccc2)C(C)C1.I. The van der Waals surface area contributed by atoms with Gasteiger partial charge in [0, 0.05) is 20.1 Å². The van der Waals surface area contributed by atoms with Crippen molar-refractivity contribution in [2.75, 3.05) is 26.7 Å². The molecule has 2 atom stereocenters. The van der Waals surface area contributed by atoms with E-state index in [1.165, 1.54) is 5.56 Å². The van der Waals surface area contributed by atoms with Crippen LogP contribution in [0.2, 0.25) is 0 Å². The molecule has 3 rings (SSSR count). The second kappa shape index (κ2) is 11.1. The highest BCUT2D eigenvalue weighted by Crippen LogP contribution is 2.32. The minimum absolute atomic E-state index is 0. The number of halogens is 1. The Labute approximate surface area is 183 Å². The van der Waals surface area contributed by atoms with Gasteiger partial charge < -0.3 is 20.0 Å². The monoisotopic (exact) mass is 496 g/mol. The number of guanidine groups is 1. The predicted molar refractivity (Wildman–Crippen MR) is 122 cm³/mol. The summed E-state index contributed by atoms with van der Waals surface area (Å²) in [6.45, 7) is 4.73. The van der Waals surface area contributed by atoms with Gasteiger partial charge in [0.1, 0.15) is 5.76 Å². The Morgan fingerprint density at radius 1 is 1.21 bits per heavy atom. The van der Waals surface area contributed by atoms with Gasteiger partial charge in [0.2, 0.25) is 5.91 Å². The van der Waals surface area contributed by atoms with Gasteiger partial charge in [-0.2, -0.15) is 0 Å². The van der Waals surface area contributed by atoms with Crippen LogP contribution in [0.25, 0.3) is 0 Å². The summed E-state index contributed by atoms with van der Waals surface area (Å²) in [7, 11) is 1.76. The molecule has 1 aliphatic heterocycles. The van der Waals surface area contributed by atoms with Gasteiger partial charge in [0.25, 0.3) is 0 Å². The van der Waals surface area contributed by atoms with Gasteiger partial charge in [-0.1, -0.05) is 37.3 Å². The molecule has 1 amide bonds. The van der Waals surface area contributed by atoms with Gasteiger partial charge in [-0.25, -0.2) is 0 Å². The molecule has 28 heavy (non-hydrogen) atoms. The standard InChI is InChI=1S/C21H28N4O2.HI/c1-16-15-25(11-10-19(16)17-7-4-3-5-8-17)21(22-2)24-14-20(26)23-13-18-9-6-12-27-18;/h3-9,12,16,19H,10-11,13-15H2,1-2H3,(H,22,24)(H,23,26);1H. The summed E-state index contributed by atoms with van der Waals surface area (Å²) in [5, 5.41) is 6.01. The Hall–Kier alpha value is -2.03. The molecule has 1 aromatic carbocycles. The van der Waals surface area contributed by atoms with E-state index in [0.29, 0.717) is 18.4 Å². The highest BCUT2D eigenvalue weighted by atomic mass is 127. The molecule has 2 unspecified atom stereocenters. The van der Waals surface area contributed by atoms with Crippen LogP contribution in [0.5, 0.6) is 0 Å². The Morgan fingerprint density at radius 2 is 2.00 bits per heavy atom. The van der Waals surface area contributed by atoms with E-state index in [4.69, 9.17) is 4.42 Å². The van der Waals surface area contributed by atoms with Crippen molar-refractivity contribution in [2.45, 2.75) is 25.8 Å². The molecule has 7 heteroatoms. The fraction of sp³-hybridized carbons (Fsp3) is 0.429. The molecule has 152 valence electrons. The summed E-state index contributed by atoms with van der Waals surface area (Å²) >= 11 is 0. The average Bonchev–Trinajstić information content (AvgIpc) is 3.21. The maximum Gasteiger partial charge on any atom is 0.239 e. The van der Waals surface area contributed by atoms with E-state index in [-0.39, 0.29) is 36.4 Å². The Bertz CT molecular complexity index is 749. The van der Waals surface area contributed by atoms with Gasteiger partial charge in [-0.3, -0.25) is 9.79 Å². The van der Waals surface area contributed by atoms with Crippen LogP contribution in [0.3, 0.4) is 0 Å². The third-order valence-electron chi connectivity index (χ3n) is 5.09. The number of carbonyl (C=O) groups excluding carboxylic acids is 1. The van der Waals surface area contributed by atoms with Crippen LogP contribution in [0.1, 0.15) is 30.6 Å². The van der Waals surface area contributed by atoms with Crippen LogP contribution in [0.4, 0.5) is 0 Å². The van der Waals surface area contributed by atoms with E-state index >= 15 is 0 Å². The summed E-state index contributed by atoms with van der Waals surface area (Å²) in [6, 6.07) is 14.4. The lowest BCUT2D eigenvalue weighted by Crippen LogP contribution is -2.50. The van der Waals surface area contributed by atoms with Gasteiger partial charge in [0.05, 0.1) is 19.4 Å². The van der Waals surface area contributed by atoms with Crippen LogP contribution in [-0.4, -0.2) is 43.4 Å². The molecule has 0 saturated carbocycles. The molecule has 0 spiro atoms. The number of hydrogen-bond donors (Lipinski definition) is 2. The molecule has 2 aromatic rings. The summed E-state index contributed by atoms with van der Waals surface area (Å²) < 4.78 is 5.22. The van der Waals surface area contributed by atoms with E-state index in [1.807, 2.05) is 12.1 Å². The molecule has 1 fully saturated rings. The highest BCUT2D eigenvalue weighted by Gasteiger charge is 2.28. The number of nitrogens with zero attached hydrogens (tertiary/aromatic N) is 2. The number of benzene rings is 1. The lowest BCUT2D eigenvalue weighted by molar-refractivity contribution is -0.120. The van der Waals surface area contributed by atoms with Crippen molar-refractivity contribution in [3.05, 3.63) is 60.1 Å². The van der Waals surface area contributed by atoms with Crippen molar-refractivity contribution < 1.29 is 9.21 Å². The second-order valence-electron chi connectivity index (χ2n) is 6.99. The molecule has 2 heterocycles. The molecule has 0 radical (unpaired) electrons. The minimum atomic E-state index is -0.0835. The molecule has 1 aliphatic rings. The molecule has 0 bridgehead atoms. The number of furan rings is 1. The van der Waals surface area contributed by atoms with Crippen molar-refractivity contribution in [2.24, 2.45) is 10.9 Å². The number of carbonyl (C=O) groups is 1. The first-order valence-electron chi connectivity index (χ1n) is 9.47. The largest absolute Gasteiger partial charge is 0.467 e. The Balaban J connectivity index is 0.00000280. The predicted octanol–water partition coefficient (Wildman–Crippen LogP) is 3.21. The lowest BCUT2D eigenvalue weighted by Gasteiger charge is -2.38. The highest BCUT2D eigenvalue weighted by molar-refractivity contribution is 14.0. The van der Waals surface area contributed by atoms with E-state index in [1.54, 1.807) is 13.3 Å². The Kier molecular flexibility index (Phi) is 8.82. The van der Waals surface area contributed by atoms with Crippen molar-refractivity contribution in [1.29, 1.82) is 0 Å². The van der Waals surface area contributed by atoms with Gasteiger partial charge in [0.15, 0.2) is 5.96 Å². The quantitative estimate of drug-likeness (QED) is 0.379. The van der Waals surface area contributed by atoms with E-state index < -0.39 is 0 Å². The van der Waals surface area contributed by atoms with E-state index in [9.17, 15) is 4.79 Å². The normalized spacial score (nSPS) is 19.6. The Morgan fingerprint density at radius 3 is 2.64 bits per heavy atom. The number of rotatable bonds is 5. The van der Waals surface area contributed by atoms with Crippen LogP contribution in [0, 0.1) is 5.92 Å². The van der Waals surface area contributed by atoms with Gasteiger partial charge in [-0.05, 0) is 36.0 Å². The summed E-state index contributed by atoms with van der Waals surface area (Å²) in [6.07, 6.45) is 2.68. The molecule has 1 aromatic heterocycles. The number of piperidine rings is 1. The first-order chi connectivity index (χ1) is 13.2. The zero-order valence-electron chi connectivity index (χ0n) is 16.4. The number of amides is 1. The van der Waals surface area contributed by atoms with Crippen LogP contribution in [0.15, 0.2) is 58.1 Å². The van der Waals surface area contributed by atoms with E-state index in [0.717, 1.165) is 31.2 Å². The smallest absolute Gasteiger partial charge is 0.239 e. The fourth-order valence-electron chi connectivity index (χ4n) is 3.69. The molecular weight excluding hydrogens is 467 g/mol. The van der Waals surface area contributed by atoms with Crippen LogP contribution >= 0.6 is 24.0 Å². The average molecular weight is 496 g/mol. The number of nitrogens with one attached hydrogen (secondary N) is 2. The second-order valence-corrected chi connectivity index (χ2v) is 6.99. The third kappa shape index (κ3) is 5.98. The molecule has 2 N–H and O–H groups in total. The zero-order chi connectivity index (χ0) is 19.1. The summed E-state index contributed by atoms with van der Waals surface area (Å²) in [5.74, 6) is 2.52. The van der Waals surface area contributed by atoms with Crippen LogP contribution < -0.4 is 10.6 Å². The van der Waals surface area contributed by atoms with Gasteiger partial charge in [-0.15, -0.1) is 24.0 Å². The van der Waals surface area contributed by atoms with Crippen molar-refractivity contribution in [3.63, 3.8) is 0 Å². The van der Waals surface area contributed by atoms with Crippen molar-refractivity contribution >= 4 is 35.8 Å². The molecule has 1 saturated heterocycles. The minimum Gasteiger partial charge on any atom is -0.467 e. The lowest BCUT2D eigenvalue weighted by atomic mass is 9.82. The first kappa shape index (κ1) is 22.3. The topological polar surface area (TPSA) is 69.9 Å². The summed E-state index contributed by atoms with van der Waals surface area (Å²) in [4.78, 5) is 18.7. The molecule has 6 nitrogen and oxygen atoms in total. The fourth-order valence-corrected chi connectivity index (χ4v) is 3.69. The maximum absolute atomic E-state index is 12.1. The van der Waals surface area contributed by atoms with Crippen LogP contribution in [-0.2, 0) is 11.3 Å². The van der Waals surface area contributed by atoms with Gasteiger partial charge >= 0.3 is 0 Å². The van der Waals surface area contributed by atoms with Crippen molar-refractivity contribution in [3.8, 4) is 0 Å². The number of likely N-dealkylation sites (tertiary alicyclic amines) is 1. The molecule has 0 aliphatic carbocycles. The summed E-state index contributed by atoms with van der Waals surface area (Å²) in [5.41, 5.74) is 1.41. The van der Waals surface area contributed by atoms with Crippen molar-refractivity contribution in [1.82, 2.24) is 15.5 Å². The number of hydrogen-bond acceptors (Lipinski definition) is 3. The third-order valence-corrected chi connectivity index (χ3v) is 5.09. The number of aliphatic imine (C=N–C) groups is 1. The molecular formula is C21H29IN4O2.